The fourth-order valence-corrected chi connectivity index (χ4v) is 2.76. The van der Waals surface area contributed by atoms with Crippen molar-refractivity contribution in [1.29, 1.82) is 0 Å². The van der Waals surface area contributed by atoms with Gasteiger partial charge in [0.25, 0.3) is 0 Å². The smallest absolute Gasteiger partial charge is 0.208 e. The summed E-state index contributed by atoms with van der Waals surface area (Å²) >= 11 is 0. The molecule has 0 saturated carbocycles. The lowest BCUT2D eigenvalue weighted by Gasteiger charge is -2.12. The highest BCUT2D eigenvalue weighted by Crippen LogP contribution is 2.27. The maximum atomic E-state index is 10.9. The first-order valence-electron chi connectivity index (χ1n) is 6.44. The van der Waals surface area contributed by atoms with Crippen LogP contribution in [-0.2, 0) is 23.0 Å². The zero-order valence-corrected chi connectivity index (χ0v) is 12.3. The summed E-state index contributed by atoms with van der Waals surface area (Å²) in [5.41, 5.74) is 3.96. The molecule has 0 aromatic heterocycles. The molecule has 19 heavy (non-hydrogen) atoms. The fourth-order valence-electron chi connectivity index (χ4n) is 2.29. The first kappa shape index (κ1) is 14.3. The van der Waals surface area contributed by atoms with Crippen LogP contribution < -0.4 is 14.9 Å². The summed E-state index contributed by atoms with van der Waals surface area (Å²) < 4.78 is 24.2. The van der Waals surface area contributed by atoms with Gasteiger partial charge in [-0.2, -0.15) is 0 Å². The van der Waals surface area contributed by atoms with E-state index < -0.39 is 10.0 Å². The van der Waals surface area contributed by atoms with Crippen molar-refractivity contribution in [2.75, 3.05) is 37.8 Å². The number of fused-ring (bicyclic) bond motifs is 1. The van der Waals surface area contributed by atoms with E-state index in [1.807, 2.05) is 0 Å². The normalized spacial score (nSPS) is 14.7. The van der Waals surface area contributed by atoms with E-state index in [0.717, 1.165) is 19.5 Å². The molecule has 106 valence electrons. The molecule has 1 heterocycles. The Bertz CT molecular complexity index is 543. The molecule has 0 fully saturated rings. The topological polar surface area (TPSA) is 61.4 Å². The number of nitrogens with one attached hydrogen (secondary N) is 2. The van der Waals surface area contributed by atoms with Crippen LogP contribution in [0.2, 0.25) is 0 Å². The molecule has 1 aromatic carbocycles. The molecule has 2 rings (SSSR count). The summed E-state index contributed by atoms with van der Waals surface area (Å²) in [7, 11) is -0.967. The lowest BCUT2D eigenvalue weighted by Crippen LogP contribution is -2.30. The number of nitrogens with zero attached hydrogens (tertiary/aromatic N) is 1. The summed E-state index contributed by atoms with van der Waals surface area (Å²) in [5, 5.41) is 3.24. The van der Waals surface area contributed by atoms with Gasteiger partial charge in [-0.15, -0.1) is 0 Å². The zero-order chi connectivity index (χ0) is 13.9. The van der Waals surface area contributed by atoms with Crippen LogP contribution >= 0.6 is 0 Å². The summed E-state index contributed by atoms with van der Waals surface area (Å²) in [6.07, 6.45) is 2.28. The maximum Gasteiger partial charge on any atom is 0.208 e. The van der Waals surface area contributed by atoms with Crippen LogP contribution in [0.25, 0.3) is 0 Å². The highest BCUT2D eigenvalue weighted by Gasteiger charge is 2.15. The van der Waals surface area contributed by atoms with Crippen molar-refractivity contribution in [3.8, 4) is 0 Å². The molecule has 0 aliphatic carbocycles. The average molecular weight is 283 g/mol. The van der Waals surface area contributed by atoms with Crippen molar-refractivity contribution in [3.63, 3.8) is 0 Å². The van der Waals surface area contributed by atoms with Gasteiger partial charge in [-0.1, -0.05) is 12.1 Å². The molecule has 2 N–H and O–H groups in total. The molecule has 1 aliphatic rings. The van der Waals surface area contributed by atoms with Crippen LogP contribution in [0.1, 0.15) is 11.1 Å². The first-order valence-corrected chi connectivity index (χ1v) is 8.33. The molecule has 0 saturated heterocycles. The molecule has 0 bridgehead atoms. The third kappa shape index (κ3) is 4.19. The Morgan fingerprint density at radius 1 is 1.32 bits per heavy atom. The van der Waals surface area contributed by atoms with Gasteiger partial charge in [0.2, 0.25) is 10.0 Å². The lowest BCUT2D eigenvalue weighted by atomic mass is 10.1. The molecular formula is C13H21N3O2S. The van der Waals surface area contributed by atoms with Gasteiger partial charge >= 0.3 is 0 Å². The van der Waals surface area contributed by atoms with Gasteiger partial charge in [0.1, 0.15) is 0 Å². The van der Waals surface area contributed by atoms with E-state index in [1.165, 1.54) is 23.1 Å². The second-order valence-corrected chi connectivity index (χ2v) is 6.81. The van der Waals surface area contributed by atoms with E-state index in [0.29, 0.717) is 13.1 Å². The van der Waals surface area contributed by atoms with E-state index in [4.69, 9.17) is 0 Å². The van der Waals surface area contributed by atoms with Crippen molar-refractivity contribution in [1.82, 2.24) is 10.0 Å². The van der Waals surface area contributed by atoms with Crippen molar-refractivity contribution >= 4 is 15.7 Å². The summed E-state index contributed by atoms with van der Waals surface area (Å²) in [5.74, 6) is 0. The molecule has 1 aromatic rings. The van der Waals surface area contributed by atoms with Gasteiger partial charge in [0.15, 0.2) is 0 Å². The molecule has 0 unspecified atom stereocenters. The fraction of sp³-hybridized carbons (Fsp3) is 0.538. The van der Waals surface area contributed by atoms with Gasteiger partial charge in [-0.25, -0.2) is 13.1 Å². The quantitative estimate of drug-likeness (QED) is 0.738. The van der Waals surface area contributed by atoms with E-state index in [1.54, 1.807) is 0 Å². The van der Waals surface area contributed by atoms with Crippen molar-refractivity contribution in [3.05, 3.63) is 29.3 Å². The second kappa shape index (κ2) is 5.90. The van der Waals surface area contributed by atoms with Gasteiger partial charge in [-0.3, -0.25) is 0 Å². The predicted molar refractivity (Wildman–Crippen MR) is 78.0 cm³/mol. The number of hydrogen-bond donors (Lipinski definition) is 2. The minimum absolute atomic E-state index is 0.423. The standard InChI is InChI=1S/C13H21N3O2S/c1-16-8-5-12-9-11(3-4-13(12)16)10-14-6-7-15-19(2,17)18/h3-4,9,14-15H,5-8,10H2,1-2H3. The third-order valence-electron chi connectivity index (χ3n) is 3.27. The zero-order valence-electron chi connectivity index (χ0n) is 11.4. The molecule has 0 amide bonds. The lowest BCUT2D eigenvalue weighted by molar-refractivity contribution is 0.582. The van der Waals surface area contributed by atoms with E-state index in [9.17, 15) is 8.42 Å². The number of rotatable bonds is 6. The molecular weight excluding hydrogens is 262 g/mol. The maximum absolute atomic E-state index is 10.9. The number of hydrogen-bond acceptors (Lipinski definition) is 4. The Morgan fingerprint density at radius 2 is 2.11 bits per heavy atom. The summed E-state index contributed by atoms with van der Waals surface area (Å²) in [6, 6.07) is 6.52. The highest BCUT2D eigenvalue weighted by atomic mass is 32.2. The van der Waals surface area contributed by atoms with Crippen LogP contribution in [0.5, 0.6) is 0 Å². The van der Waals surface area contributed by atoms with Gasteiger partial charge in [-0.05, 0) is 23.6 Å². The molecule has 1 aliphatic heterocycles. The molecule has 0 atom stereocenters. The van der Waals surface area contributed by atoms with Gasteiger partial charge < -0.3 is 10.2 Å². The van der Waals surface area contributed by atoms with Crippen molar-refractivity contribution in [2.24, 2.45) is 0 Å². The van der Waals surface area contributed by atoms with Gasteiger partial charge in [0, 0.05) is 38.9 Å². The SMILES string of the molecule is CN1CCc2cc(CNCCNS(C)(=O)=O)ccc21. The monoisotopic (exact) mass is 283 g/mol. The number of sulfonamides is 1. The molecule has 0 spiro atoms. The second-order valence-electron chi connectivity index (χ2n) is 4.98. The van der Waals surface area contributed by atoms with Crippen LogP contribution in [-0.4, -0.2) is 41.4 Å². The van der Waals surface area contributed by atoms with Crippen LogP contribution in [0.3, 0.4) is 0 Å². The third-order valence-corrected chi connectivity index (χ3v) is 4.00. The number of anilines is 1. The minimum atomic E-state index is -3.08. The average Bonchev–Trinajstić information content (AvgIpc) is 2.69. The Labute approximate surface area is 115 Å². The molecule has 0 radical (unpaired) electrons. The predicted octanol–water partition coefficient (Wildman–Crippen LogP) is 0.318. The number of benzene rings is 1. The van der Waals surface area contributed by atoms with Crippen LogP contribution in [0.4, 0.5) is 5.69 Å². The van der Waals surface area contributed by atoms with Crippen molar-refractivity contribution in [2.45, 2.75) is 13.0 Å². The number of likely N-dealkylation sites (N-methyl/N-ethyl adjacent to an activating group) is 1. The summed E-state index contributed by atoms with van der Waals surface area (Å²) in [6.45, 7) is 2.91. The Hall–Kier alpha value is -1.11. The Kier molecular flexibility index (Phi) is 4.44. The van der Waals surface area contributed by atoms with Gasteiger partial charge in [0.05, 0.1) is 6.26 Å². The Morgan fingerprint density at radius 3 is 2.84 bits per heavy atom. The Balaban J connectivity index is 1.78. The molecule has 6 heteroatoms. The van der Waals surface area contributed by atoms with Crippen LogP contribution in [0.15, 0.2) is 18.2 Å². The molecule has 5 nitrogen and oxygen atoms in total. The van der Waals surface area contributed by atoms with Crippen LogP contribution in [0, 0.1) is 0 Å². The van der Waals surface area contributed by atoms with Crippen molar-refractivity contribution < 1.29 is 8.42 Å². The van der Waals surface area contributed by atoms with E-state index in [2.05, 4.69) is 40.2 Å². The minimum Gasteiger partial charge on any atom is -0.374 e. The van der Waals surface area contributed by atoms with E-state index >= 15 is 0 Å². The first-order chi connectivity index (χ1) is 8.96. The summed E-state index contributed by atoms with van der Waals surface area (Å²) in [4.78, 5) is 2.27. The largest absolute Gasteiger partial charge is 0.374 e. The highest BCUT2D eigenvalue weighted by molar-refractivity contribution is 7.88. The van der Waals surface area contributed by atoms with E-state index in [-0.39, 0.29) is 0 Å².